The molecule has 5 heteroatoms. The Kier molecular flexibility index (Phi) is 3.01. The summed E-state index contributed by atoms with van der Waals surface area (Å²) >= 11 is 0. The van der Waals surface area contributed by atoms with Crippen LogP contribution in [0.1, 0.15) is 16.8 Å². The van der Waals surface area contributed by atoms with Crippen molar-refractivity contribution < 1.29 is 10.2 Å². The van der Waals surface area contributed by atoms with Gasteiger partial charge in [0.05, 0.1) is 17.8 Å². The zero-order valence-electron chi connectivity index (χ0n) is 9.88. The lowest BCUT2D eigenvalue weighted by Gasteiger charge is -2.19. The van der Waals surface area contributed by atoms with Gasteiger partial charge in [0, 0.05) is 18.8 Å². The minimum atomic E-state index is -0.774. The van der Waals surface area contributed by atoms with Gasteiger partial charge in [-0.1, -0.05) is 0 Å². The summed E-state index contributed by atoms with van der Waals surface area (Å²) in [6.07, 6.45) is -1.55. The maximum atomic E-state index is 9.53. The number of aryl methyl sites for hydroxylation is 2. The quantitative estimate of drug-likeness (QED) is 0.719. The highest BCUT2D eigenvalue weighted by molar-refractivity contribution is 5.58. The molecule has 1 aliphatic heterocycles. The summed E-state index contributed by atoms with van der Waals surface area (Å²) in [6.45, 7) is 4.34. The third-order valence-electron chi connectivity index (χ3n) is 3.00. The van der Waals surface area contributed by atoms with Crippen molar-refractivity contribution in [2.75, 3.05) is 18.0 Å². The van der Waals surface area contributed by atoms with Crippen molar-refractivity contribution in [3.63, 3.8) is 0 Å². The Morgan fingerprint density at radius 1 is 1.35 bits per heavy atom. The van der Waals surface area contributed by atoms with Crippen LogP contribution in [0, 0.1) is 25.2 Å². The molecule has 0 radical (unpaired) electrons. The van der Waals surface area contributed by atoms with Crippen LogP contribution in [0.25, 0.3) is 0 Å². The zero-order chi connectivity index (χ0) is 12.6. The molecule has 2 atom stereocenters. The number of rotatable bonds is 1. The number of anilines is 1. The second-order valence-electron chi connectivity index (χ2n) is 4.43. The molecule has 2 heterocycles. The first-order valence-electron chi connectivity index (χ1n) is 5.52. The van der Waals surface area contributed by atoms with Crippen molar-refractivity contribution in [1.82, 2.24) is 4.98 Å². The van der Waals surface area contributed by atoms with Crippen LogP contribution in [-0.4, -0.2) is 40.5 Å². The molecule has 0 aliphatic carbocycles. The van der Waals surface area contributed by atoms with Crippen molar-refractivity contribution in [3.8, 4) is 6.07 Å². The predicted octanol–water partition coefficient (Wildman–Crippen LogP) is 0.112. The molecule has 0 bridgehead atoms. The number of aromatic nitrogens is 1. The minimum Gasteiger partial charge on any atom is -0.389 e. The Morgan fingerprint density at radius 3 is 2.47 bits per heavy atom. The van der Waals surface area contributed by atoms with Gasteiger partial charge < -0.3 is 15.1 Å². The van der Waals surface area contributed by atoms with Crippen LogP contribution in [-0.2, 0) is 0 Å². The van der Waals surface area contributed by atoms with Crippen LogP contribution in [0.2, 0.25) is 0 Å². The molecule has 1 aromatic heterocycles. The van der Waals surface area contributed by atoms with Crippen molar-refractivity contribution in [1.29, 1.82) is 5.26 Å². The number of pyridine rings is 1. The molecule has 2 rings (SSSR count). The van der Waals surface area contributed by atoms with Crippen LogP contribution in [0.5, 0.6) is 0 Å². The molecule has 0 saturated carbocycles. The lowest BCUT2D eigenvalue weighted by Crippen LogP contribution is -2.24. The second kappa shape index (κ2) is 4.32. The molecule has 90 valence electrons. The van der Waals surface area contributed by atoms with Crippen molar-refractivity contribution in [2.45, 2.75) is 26.1 Å². The first-order chi connectivity index (χ1) is 8.02. The van der Waals surface area contributed by atoms with Gasteiger partial charge in [-0.25, -0.2) is 4.98 Å². The van der Waals surface area contributed by atoms with E-state index in [2.05, 4.69) is 11.1 Å². The molecule has 2 unspecified atom stereocenters. The molecule has 2 N–H and O–H groups in total. The van der Waals surface area contributed by atoms with Crippen molar-refractivity contribution >= 4 is 5.82 Å². The fraction of sp³-hybridized carbons (Fsp3) is 0.500. The van der Waals surface area contributed by atoms with Gasteiger partial charge in [-0.3, -0.25) is 0 Å². The highest BCUT2D eigenvalue weighted by atomic mass is 16.3. The summed E-state index contributed by atoms with van der Waals surface area (Å²) in [5.74, 6) is 0.556. The summed E-state index contributed by atoms with van der Waals surface area (Å²) in [4.78, 5) is 6.09. The van der Waals surface area contributed by atoms with Gasteiger partial charge in [0.1, 0.15) is 11.9 Å². The Morgan fingerprint density at radius 2 is 1.94 bits per heavy atom. The highest BCUT2D eigenvalue weighted by Gasteiger charge is 2.31. The van der Waals surface area contributed by atoms with Crippen LogP contribution in [0.4, 0.5) is 5.82 Å². The number of nitrogens with zero attached hydrogens (tertiary/aromatic N) is 3. The second-order valence-corrected chi connectivity index (χ2v) is 4.43. The van der Waals surface area contributed by atoms with E-state index >= 15 is 0 Å². The zero-order valence-corrected chi connectivity index (χ0v) is 9.88. The molecule has 1 aliphatic rings. The van der Waals surface area contributed by atoms with Gasteiger partial charge in [-0.2, -0.15) is 5.26 Å². The van der Waals surface area contributed by atoms with Gasteiger partial charge in [0.15, 0.2) is 0 Å². The Balaban J connectivity index is 2.42. The number of β-amino-alcohol motifs (C(OH)–C–C–N with tert-alkyl or cyclic N) is 2. The van der Waals surface area contributed by atoms with Crippen LogP contribution in [0.3, 0.4) is 0 Å². The van der Waals surface area contributed by atoms with Gasteiger partial charge in [0.2, 0.25) is 0 Å². The Hall–Kier alpha value is -1.64. The summed E-state index contributed by atoms with van der Waals surface area (Å²) in [6, 6.07) is 3.98. The first-order valence-corrected chi connectivity index (χ1v) is 5.52. The molecule has 1 fully saturated rings. The standard InChI is InChI=1S/C12H15N3O2/c1-7-3-8(2)14-12(9(7)4-13)15-5-10(16)11(17)6-15/h3,10-11,16-17H,5-6H2,1-2H3. The van der Waals surface area contributed by atoms with E-state index < -0.39 is 12.2 Å². The van der Waals surface area contributed by atoms with E-state index in [0.29, 0.717) is 24.5 Å². The number of aliphatic hydroxyl groups excluding tert-OH is 2. The summed E-state index contributed by atoms with van der Waals surface area (Å²) in [7, 11) is 0. The number of hydrogen-bond acceptors (Lipinski definition) is 5. The first kappa shape index (κ1) is 11.8. The number of nitriles is 1. The smallest absolute Gasteiger partial charge is 0.147 e. The molecular weight excluding hydrogens is 218 g/mol. The van der Waals surface area contributed by atoms with Crippen LogP contribution < -0.4 is 4.90 Å². The predicted molar refractivity (Wildman–Crippen MR) is 62.7 cm³/mol. The van der Waals surface area contributed by atoms with Crippen molar-refractivity contribution in [3.05, 3.63) is 22.9 Å². The fourth-order valence-electron chi connectivity index (χ4n) is 2.13. The minimum absolute atomic E-state index is 0.311. The fourth-order valence-corrected chi connectivity index (χ4v) is 2.13. The number of hydrogen-bond donors (Lipinski definition) is 2. The molecule has 0 amide bonds. The molecule has 1 saturated heterocycles. The van der Waals surface area contributed by atoms with E-state index in [4.69, 9.17) is 5.26 Å². The average Bonchev–Trinajstić information content (AvgIpc) is 2.58. The monoisotopic (exact) mass is 233 g/mol. The average molecular weight is 233 g/mol. The Bertz CT molecular complexity index is 471. The Labute approximate surface area is 99.9 Å². The lowest BCUT2D eigenvalue weighted by atomic mass is 10.1. The normalized spacial score (nSPS) is 23.8. The largest absolute Gasteiger partial charge is 0.389 e. The van der Waals surface area contributed by atoms with E-state index in [-0.39, 0.29) is 0 Å². The molecular formula is C12H15N3O2. The molecule has 0 aromatic carbocycles. The molecule has 17 heavy (non-hydrogen) atoms. The number of aliphatic hydroxyl groups is 2. The molecule has 0 spiro atoms. The van der Waals surface area contributed by atoms with E-state index in [1.165, 1.54) is 0 Å². The van der Waals surface area contributed by atoms with Gasteiger partial charge in [-0.15, -0.1) is 0 Å². The van der Waals surface area contributed by atoms with Crippen LogP contribution >= 0.6 is 0 Å². The molecule has 1 aromatic rings. The third-order valence-corrected chi connectivity index (χ3v) is 3.00. The summed E-state index contributed by atoms with van der Waals surface area (Å²) < 4.78 is 0. The molecule has 5 nitrogen and oxygen atoms in total. The van der Waals surface area contributed by atoms with E-state index in [9.17, 15) is 10.2 Å². The summed E-state index contributed by atoms with van der Waals surface area (Å²) in [5.41, 5.74) is 2.20. The van der Waals surface area contributed by atoms with Gasteiger partial charge in [0.25, 0.3) is 0 Å². The summed E-state index contributed by atoms with van der Waals surface area (Å²) in [5, 5.41) is 28.2. The van der Waals surface area contributed by atoms with Gasteiger partial charge >= 0.3 is 0 Å². The highest BCUT2D eigenvalue weighted by Crippen LogP contribution is 2.25. The lowest BCUT2D eigenvalue weighted by molar-refractivity contribution is 0.0572. The van der Waals surface area contributed by atoms with E-state index in [1.807, 2.05) is 19.9 Å². The maximum Gasteiger partial charge on any atom is 0.147 e. The van der Waals surface area contributed by atoms with Crippen LogP contribution in [0.15, 0.2) is 6.07 Å². The van der Waals surface area contributed by atoms with Gasteiger partial charge in [-0.05, 0) is 25.5 Å². The van der Waals surface area contributed by atoms with E-state index in [0.717, 1.165) is 11.3 Å². The SMILES string of the molecule is Cc1cc(C)c(C#N)c(N2CC(O)C(O)C2)n1. The topological polar surface area (TPSA) is 80.4 Å². The maximum absolute atomic E-state index is 9.53. The van der Waals surface area contributed by atoms with E-state index in [1.54, 1.807) is 4.90 Å². The third kappa shape index (κ3) is 2.09. The van der Waals surface area contributed by atoms with Crippen molar-refractivity contribution in [2.24, 2.45) is 0 Å².